The molecular weight excluding hydrogens is 457 g/mol. The number of rotatable bonds is 4. The van der Waals surface area contributed by atoms with Gasteiger partial charge in [0.05, 0.1) is 10.6 Å². The molecule has 3 nitrogen and oxygen atoms in total. The fourth-order valence-corrected chi connectivity index (χ4v) is 3.98. The van der Waals surface area contributed by atoms with Crippen LogP contribution in [-0.4, -0.2) is 23.9 Å². The van der Waals surface area contributed by atoms with Crippen LogP contribution in [0.5, 0.6) is 0 Å². The molecule has 0 spiro atoms. The Labute approximate surface area is 175 Å². The number of carbonyl (C=O) groups excluding carboxylic acids is 1. The number of alkyl halides is 3. The average molecular weight is 476 g/mol. The summed E-state index contributed by atoms with van der Waals surface area (Å²) >= 11 is 9.08. The van der Waals surface area contributed by atoms with Gasteiger partial charge in [0.1, 0.15) is 0 Å². The third kappa shape index (κ3) is 5.49. The largest absolute Gasteiger partial charge is 0.417 e. The summed E-state index contributed by atoms with van der Waals surface area (Å²) in [7, 11) is 0. The van der Waals surface area contributed by atoms with Gasteiger partial charge < -0.3 is 5.32 Å². The lowest BCUT2D eigenvalue weighted by molar-refractivity contribution is -0.137. The first-order valence-electron chi connectivity index (χ1n) is 8.87. The van der Waals surface area contributed by atoms with Crippen LogP contribution in [0.15, 0.2) is 46.9 Å². The minimum atomic E-state index is -4.56. The fourth-order valence-electron chi connectivity index (χ4n) is 3.31. The van der Waals surface area contributed by atoms with Gasteiger partial charge in [-0.2, -0.15) is 13.2 Å². The Hall–Kier alpha value is -1.57. The average Bonchev–Trinajstić information content (AvgIpc) is 2.63. The second kappa shape index (κ2) is 8.84. The maximum Gasteiger partial charge on any atom is 0.417 e. The zero-order valence-electron chi connectivity index (χ0n) is 14.9. The van der Waals surface area contributed by atoms with Crippen molar-refractivity contribution < 1.29 is 18.0 Å². The van der Waals surface area contributed by atoms with Gasteiger partial charge in [0.15, 0.2) is 0 Å². The zero-order chi connectivity index (χ0) is 20.3. The second-order valence-corrected chi connectivity index (χ2v) is 8.18. The molecule has 0 aromatic heterocycles. The molecule has 1 heterocycles. The Morgan fingerprint density at radius 3 is 2.54 bits per heavy atom. The molecule has 1 saturated heterocycles. The topological polar surface area (TPSA) is 32.3 Å². The summed E-state index contributed by atoms with van der Waals surface area (Å²) < 4.78 is 39.9. The van der Waals surface area contributed by atoms with E-state index < -0.39 is 11.7 Å². The number of likely N-dealkylation sites (tertiary alicyclic amines) is 1. The van der Waals surface area contributed by atoms with Crippen molar-refractivity contribution in [2.75, 3.05) is 18.4 Å². The summed E-state index contributed by atoms with van der Waals surface area (Å²) in [5.74, 6) is -0.471. The first kappa shape index (κ1) is 21.1. The van der Waals surface area contributed by atoms with Crippen molar-refractivity contribution in [3.05, 3.63) is 63.1 Å². The lowest BCUT2D eigenvalue weighted by Crippen LogP contribution is -2.37. The van der Waals surface area contributed by atoms with Gasteiger partial charge in [-0.15, -0.1) is 0 Å². The molecule has 2 aromatic rings. The van der Waals surface area contributed by atoms with Gasteiger partial charge in [0.2, 0.25) is 5.91 Å². The second-order valence-electron chi connectivity index (χ2n) is 6.86. The number of amides is 1. The molecule has 0 bridgehead atoms. The van der Waals surface area contributed by atoms with Gasteiger partial charge in [0, 0.05) is 22.6 Å². The van der Waals surface area contributed by atoms with E-state index in [-0.39, 0.29) is 22.5 Å². The van der Waals surface area contributed by atoms with E-state index in [0.29, 0.717) is 12.8 Å². The van der Waals surface area contributed by atoms with Crippen LogP contribution in [0.1, 0.15) is 24.0 Å². The summed E-state index contributed by atoms with van der Waals surface area (Å²) in [4.78, 5) is 14.7. The Bertz CT molecular complexity index is 852. The molecule has 1 fully saturated rings. The molecule has 2 aromatic carbocycles. The van der Waals surface area contributed by atoms with E-state index >= 15 is 0 Å². The molecule has 0 atom stereocenters. The SMILES string of the molecule is O=C(Nc1ccc(Cl)c(C(F)(F)F)c1)C1CCN(Cc2cccc(Br)c2)CC1. The summed E-state index contributed by atoms with van der Waals surface area (Å²) in [6, 6.07) is 11.5. The number of nitrogens with one attached hydrogen (secondary N) is 1. The van der Waals surface area contributed by atoms with E-state index in [1.807, 2.05) is 12.1 Å². The van der Waals surface area contributed by atoms with Gasteiger partial charge in [-0.25, -0.2) is 0 Å². The molecule has 1 N–H and O–H groups in total. The molecule has 28 heavy (non-hydrogen) atoms. The predicted octanol–water partition coefficient (Wildman–Crippen LogP) is 5.97. The number of hydrogen-bond acceptors (Lipinski definition) is 2. The van der Waals surface area contributed by atoms with Crippen molar-refractivity contribution in [1.29, 1.82) is 0 Å². The standard InChI is InChI=1S/C20H19BrClF3N2O/c21-15-3-1-2-13(10-15)12-27-8-6-14(7-9-27)19(28)26-16-4-5-18(22)17(11-16)20(23,24)25/h1-5,10-11,14H,6-9,12H2,(H,26,28). The molecule has 0 saturated carbocycles. The van der Waals surface area contributed by atoms with Crippen LogP contribution >= 0.6 is 27.5 Å². The molecular formula is C20H19BrClF3N2O. The Kier molecular flexibility index (Phi) is 6.68. The third-order valence-corrected chi connectivity index (χ3v) is 5.62. The molecule has 150 valence electrons. The van der Waals surface area contributed by atoms with E-state index in [1.165, 1.54) is 11.6 Å². The maximum atomic E-state index is 13.0. The number of halogens is 5. The molecule has 1 amide bonds. The van der Waals surface area contributed by atoms with E-state index in [0.717, 1.165) is 36.2 Å². The number of carbonyl (C=O) groups is 1. The summed E-state index contributed by atoms with van der Waals surface area (Å²) in [6.07, 6.45) is -3.23. The van der Waals surface area contributed by atoms with Crippen LogP contribution in [0.25, 0.3) is 0 Å². The van der Waals surface area contributed by atoms with Crippen molar-refractivity contribution in [2.24, 2.45) is 5.92 Å². The lowest BCUT2D eigenvalue weighted by atomic mass is 9.95. The Balaban J connectivity index is 1.56. The van der Waals surface area contributed by atoms with E-state index in [1.54, 1.807) is 0 Å². The minimum absolute atomic E-state index is 0.110. The molecule has 0 unspecified atom stereocenters. The Morgan fingerprint density at radius 1 is 1.18 bits per heavy atom. The van der Waals surface area contributed by atoms with Crippen molar-refractivity contribution in [1.82, 2.24) is 4.90 Å². The number of nitrogens with zero attached hydrogens (tertiary/aromatic N) is 1. The molecule has 0 radical (unpaired) electrons. The highest BCUT2D eigenvalue weighted by Crippen LogP contribution is 2.36. The number of hydrogen-bond donors (Lipinski definition) is 1. The summed E-state index contributed by atoms with van der Waals surface area (Å²) in [5, 5.41) is 2.22. The Morgan fingerprint density at radius 2 is 1.89 bits per heavy atom. The first-order valence-corrected chi connectivity index (χ1v) is 10.0. The van der Waals surface area contributed by atoms with E-state index in [2.05, 4.69) is 38.3 Å². The molecule has 0 aliphatic carbocycles. The molecule has 1 aliphatic rings. The van der Waals surface area contributed by atoms with Crippen LogP contribution < -0.4 is 5.32 Å². The highest BCUT2D eigenvalue weighted by molar-refractivity contribution is 9.10. The summed E-state index contributed by atoms with van der Waals surface area (Å²) in [6.45, 7) is 2.33. The lowest BCUT2D eigenvalue weighted by Gasteiger charge is -2.31. The minimum Gasteiger partial charge on any atom is -0.326 e. The fraction of sp³-hybridized carbons (Fsp3) is 0.350. The predicted molar refractivity (Wildman–Crippen MR) is 107 cm³/mol. The van der Waals surface area contributed by atoms with Crippen LogP contribution in [0.3, 0.4) is 0 Å². The van der Waals surface area contributed by atoms with Gasteiger partial charge >= 0.3 is 6.18 Å². The summed E-state index contributed by atoms with van der Waals surface area (Å²) in [5.41, 5.74) is 0.354. The van der Waals surface area contributed by atoms with Crippen molar-refractivity contribution in [3.8, 4) is 0 Å². The van der Waals surface area contributed by atoms with Crippen LogP contribution in [0.2, 0.25) is 5.02 Å². The molecule has 8 heteroatoms. The molecule has 1 aliphatic heterocycles. The van der Waals surface area contributed by atoms with Crippen molar-refractivity contribution in [2.45, 2.75) is 25.6 Å². The van der Waals surface area contributed by atoms with Gasteiger partial charge in [-0.1, -0.05) is 39.7 Å². The van der Waals surface area contributed by atoms with Gasteiger partial charge in [0.25, 0.3) is 0 Å². The monoisotopic (exact) mass is 474 g/mol. The number of anilines is 1. The highest BCUT2D eigenvalue weighted by Gasteiger charge is 2.33. The van der Waals surface area contributed by atoms with E-state index in [9.17, 15) is 18.0 Å². The zero-order valence-corrected chi connectivity index (χ0v) is 17.2. The normalized spacial score (nSPS) is 16.2. The number of piperidine rings is 1. The smallest absolute Gasteiger partial charge is 0.326 e. The van der Waals surface area contributed by atoms with Crippen LogP contribution in [-0.2, 0) is 17.5 Å². The van der Waals surface area contributed by atoms with Crippen LogP contribution in [0.4, 0.5) is 18.9 Å². The van der Waals surface area contributed by atoms with E-state index in [4.69, 9.17) is 11.6 Å². The quantitative estimate of drug-likeness (QED) is 0.591. The van der Waals surface area contributed by atoms with Crippen molar-refractivity contribution in [3.63, 3.8) is 0 Å². The number of benzene rings is 2. The van der Waals surface area contributed by atoms with Crippen LogP contribution in [0, 0.1) is 5.92 Å². The first-order chi connectivity index (χ1) is 13.2. The third-order valence-electron chi connectivity index (χ3n) is 4.79. The van der Waals surface area contributed by atoms with Gasteiger partial charge in [-0.3, -0.25) is 9.69 Å². The van der Waals surface area contributed by atoms with Crippen molar-refractivity contribution >= 4 is 39.1 Å². The molecule has 3 rings (SSSR count). The van der Waals surface area contributed by atoms with Gasteiger partial charge in [-0.05, 0) is 61.8 Å². The highest BCUT2D eigenvalue weighted by atomic mass is 79.9. The maximum absolute atomic E-state index is 13.0.